The van der Waals surface area contributed by atoms with Gasteiger partial charge in [-0.1, -0.05) is 0 Å². The molecule has 0 atom stereocenters. The Bertz CT molecular complexity index is 956. The molecule has 0 aliphatic heterocycles. The van der Waals surface area contributed by atoms with Crippen LogP contribution < -0.4 is 10.0 Å². The summed E-state index contributed by atoms with van der Waals surface area (Å²) in [5, 5.41) is 12.1. The first-order chi connectivity index (χ1) is 12.6. The van der Waals surface area contributed by atoms with E-state index >= 15 is 0 Å². The molecular formula is C19H25N3O4S. The van der Waals surface area contributed by atoms with Crippen LogP contribution in [-0.4, -0.2) is 31.0 Å². The average Bonchev–Trinajstić information content (AvgIpc) is 2.60. The second-order valence-corrected chi connectivity index (χ2v) is 8.23. The number of pyridine rings is 1. The van der Waals surface area contributed by atoms with Gasteiger partial charge in [0, 0.05) is 19.2 Å². The monoisotopic (exact) mass is 391 g/mol. The Labute approximate surface area is 159 Å². The van der Waals surface area contributed by atoms with Gasteiger partial charge >= 0.3 is 0 Å². The third-order valence-corrected chi connectivity index (χ3v) is 6.62. The van der Waals surface area contributed by atoms with Crippen LogP contribution >= 0.6 is 0 Å². The van der Waals surface area contributed by atoms with Gasteiger partial charge in [-0.3, -0.25) is 4.79 Å². The highest BCUT2D eigenvalue weighted by Gasteiger charge is 2.23. The van der Waals surface area contributed by atoms with Crippen molar-refractivity contribution in [1.29, 1.82) is 0 Å². The van der Waals surface area contributed by atoms with Crippen LogP contribution in [0.1, 0.15) is 34.2 Å². The summed E-state index contributed by atoms with van der Waals surface area (Å²) in [4.78, 5) is 16.1. The van der Waals surface area contributed by atoms with E-state index in [0.717, 1.165) is 16.7 Å². The number of rotatable bonds is 6. The Balaban J connectivity index is 2.10. The zero-order chi connectivity index (χ0) is 20.4. The van der Waals surface area contributed by atoms with Crippen molar-refractivity contribution in [3.63, 3.8) is 0 Å². The van der Waals surface area contributed by atoms with Crippen LogP contribution in [0, 0.1) is 34.6 Å². The fraction of sp³-hybridized carbons (Fsp3) is 0.368. The number of carbonyl (C=O) groups excluding carboxylic acids is 1. The highest BCUT2D eigenvalue weighted by atomic mass is 32.2. The summed E-state index contributed by atoms with van der Waals surface area (Å²) in [6.07, 6.45) is 1.35. The summed E-state index contributed by atoms with van der Waals surface area (Å²) in [5.74, 6) is -0.554. The van der Waals surface area contributed by atoms with Crippen LogP contribution in [-0.2, 0) is 14.8 Å². The van der Waals surface area contributed by atoms with Gasteiger partial charge in [0.15, 0.2) is 11.6 Å². The van der Waals surface area contributed by atoms with Crippen molar-refractivity contribution >= 4 is 21.7 Å². The molecule has 3 N–H and O–H groups in total. The predicted octanol–water partition coefficient (Wildman–Crippen LogP) is 2.64. The maximum absolute atomic E-state index is 12.8. The summed E-state index contributed by atoms with van der Waals surface area (Å²) in [6, 6.07) is 2.94. The normalized spacial score (nSPS) is 11.4. The van der Waals surface area contributed by atoms with E-state index in [4.69, 9.17) is 0 Å². The predicted molar refractivity (Wildman–Crippen MR) is 104 cm³/mol. The molecule has 1 heterocycles. The van der Waals surface area contributed by atoms with Crippen molar-refractivity contribution in [1.82, 2.24) is 9.71 Å². The quantitative estimate of drug-likeness (QED) is 0.701. The van der Waals surface area contributed by atoms with Crippen molar-refractivity contribution in [3.05, 3.63) is 46.1 Å². The minimum atomic E-state index is -3.76. The highest BCUT2D eigenvalue weighted by molar-refractivity contribution is 7.89. The minimum Gasteiger partial charge on any atom is -0.504 e. The molecular weight excluding hydrogens is 366 g/mol. The molecule has 0 saturated heterocycles. The van der Waals surface area contributed by atoms with Crippen molar-refractivity contribution in [2.24, 2.45) is 0 Å². The molecule has 146 valence electrons. The van der Waals surface area contributed by atoms with E-state index in [-0.39, 0.29) is 29.4 Å². The molecule has 8 heteroatoms. The lowest BCUT2D eigenvalue weighted by Gasteiger charge is -2.19. The summed E-state index contributed by atoms with van der Waals surface area (Å²) < 4.78 is 28.1. The van der Waals surface area contributed by atoms with Gasteiger partial charge in [-0.05, 0) is 74.6 Å². The number of nitrogens with zero attached hydrogens (tertiary/aromatic N) is 1. The fourth-order valence-electron chi connectivity index (χ4n) is 2.93. The van der Waals surface area contributed by atoms with Gasteiger partial charge in [0.05, 0.1) is 4.90 Å². The van der Waals surface area contributed by atoms with E-state index in [1.807, 2.05) is 20.8 Å². The molecule has 1 aromatic heterocycles. The third kappa shape index (κ3) is 4.45. The van der Waals surface area contributed by atoms with Crippen LogP contribution in [0.2, 0.25) is 0 Å². The first-order valence-corrected chi connectivity index (χ1v) is 10.0. The second kappa shape index (κ2) is 8.06. The maximum atomic E-state index is 12.8. The molecule has 0 aliphatic carbocycles. The minimum absolute atomic E-state index is 0.0434. The van der Waals surface area contributed by atoms with E-state index < -0.39 is 15.9 Å². The maximum Gasteiger partial charge on any atom is 0.241 e. The van der Waals surface area contributed by atoms with Crippen LogP contribution in [0.4, 0.5) is 5.82 Å². The molecule has 0 spiro atoms. The van der Waals surface area contributed by atoms with Crippen molar-refractivity contribution in [2.45, 2.75) is 45.9 Å². The Kier molecular flexibility index (Phi) is 6.22. The molecule has 0 saturated carbocycles. The lowest BCUT2D eigenvalue weighted by molar-refractivity contribution is -0.116. The summed E-state index contributed by atoms with van der Waals surface area (Å²) in [6.45, 7) is 9.31. The largest absolute Gasteiger partial charge is 0.504 e. The number of hydrogen-bond donors (Lipinski definition) is 3. The van der Waals surface area contributed by atoms with Crippen molar-refractivity contribution in [3.8, 4) is 5.75 Å². The molecule has 1 amide bonds. The Morgan fingerprint density at radius 2 is 1.59 bits per heavy atom. The average molecular weight is 391 g/mol. The molecule has 27 heavy (non-hydrogen) atoms. The van der Waals surface area contributed by atoms with E-state index in [1.165, 1.54) is 18.3 Å². The first-order valence-electron chi connectivity index (χ1n) is 8.56. The molecule has 7 nitrogen and oxygen atoms in total. The molecule has 0 aliphatic rings. The van der Waals surface area contributed by atoms with Gasteiger partial charge in [0.1, 0.15) is 0 Å². The highest BCUT2D eigenvalue weighted by Crippen LogP contribution is 2.29. The van der Waals surface area contributed by atoms with Crippen molar-refractivity contribution < 1.29 is 18.3 Å². The van der Waals surface area contributed by atoms with Gasteiger partial charge in [-0.15, -0.1) is 0 Å². The second-order valence-electron chi connectivity index (χ2n) is 6.52. The van der Waals surface area contributed by atoms with Crippen LogP contribution in [0.5, 0.6) is 5.75 Å². The number of aromatic nitrogens is 1. The first kappa shape index (κ1) is 20.9. The Morgan fingerprint density at radius 3 is 2.15 bits per heavy atom. The van der Waals surface area contributed by atoms with Gasteiger partial charge in [-0.2, -0.15) is 0 Å². The summed E-state index contributed by atoms with van der Waals surface area (Å²) in [7, 11) is -3.76. The Morgan fingerprint density at radius 1 is 1.04 bits per heavy atom. The number of amides is 1. The van der Waals surface area contributed by atoms with Crippen molar-refractivity contribution in [2.75, 3.05) is 11.9 Å². The Hall–Kier alpha value is -2.45. The SMILES string of the molecule is Cc1c(C)c(C)c(S(=O)(=O)NCCC(=O)Nc2ncccc2O)c(C)c1C. The zero-order valence-corrected chi connectivity index (χ0v) is 17.0. The lowest BCUT2D eigenvalue weighted by atomic mass is 9.95. The number of carbonyl (C=O) groups is 1. The van der Waals surface area contributed by atoms with E-state index in [2.05, 4.69) is 15.0 Å². The van der Waals surface area contributed by atoms with Crippen LogP contribution in [0.25, 0.3) is 0 Å². The standard InChI is InChI=1S/C19H25N3O4S/c1-11-12(2)14(4)18(15(5)13(11)3)27(25,26)21-10-8-17(24)22-19-16(23)7-6-9-20-19/h6-7,9,21,23H,8,10H2,1-5H3,(H,20,22,24). The number of anilines is 1. The number of nitrogens with one attached hydrogen (secondary N) is 2. The van der Waals surface area contributed by atoms with E-state index in [9.17, 15) is 18.3 Å². The smallest absolute Gasteiger partial charge is 0.241 e. The van der Waals surface area contributed by atoms with Gasteiger partial charge in [-0.25, -0.2) is 18.1 Å². The fourth-order valence-corrected chi connectivity index (χ4v) is 4.55. The van der Waals surface area contributed by atoms with Crippen LogP contribution in [0.15, 0.2) is 23.2 Å². The number of sulfonamides is 1. The topological polar surface area (TPSA) is 108 Å². The number of aromatic hydroxyl groups is 1. The van der Waals surface area contributed by atoms with Gasteiger partial charge in [0.25, 0.3) is 0 Å². The molecule has 1 aromatic carbocycles. The number of benzene rings is 1. The lowest BCUT2D eigenvalue weighted by Crippen LogP contribution is -2.29. The van der Waals surface area contributed by atoms with E-state index in [1.54, 1.807) is 13.8 Å². The molecule has 2 rings (SSSR count). The molecule has 0 unspecified atom stereocenters. The van der Waals surface area contributed by atoms with Crippen LogP contribution in [0.3, 0.4) is 0 Å². The van der Waals surface area contributed by atoms with Gasteiger partial charge < -0.3 is 10.4 Å². The molecule has 0 bridgehead atoms. The van der Waals surface area contributed by atoms with Gasteiger partial charge in [0.2, 0.25) is 15.9 Å². The molecule has 0 fully saturated rings. The zero-order valence-electron chi connectivity index (χ0n) is 16.2. The summed E-state index contributed by atoms with van der Waals surface area (Å²) >= 11 is 0. The molecule has 2 aromatic rings. The molecule has 0 radical (unpaired) electrons. The van der Waals surface area contributed by atoms with E-state index in [0.29, 0.717) is 11.1 Å². The summed E-state index contributed by atoms with van der Waals surface area (Å²) in [5.41, 5.74) is 4.40. The third-order valence-electron chi connectivity index (χ3n) is 4.89. The number of hydrogen-bond acceptors (Lipinski definition) is 5.